The molecule has 8 heteroatoms. The highest BCUT2D eigenvalue weighted by atomic mass is 19.1. The minimum Gasteiger partial charge on any atom is -0.497 e. The molecule has 0 heterocycles. The minimum absolute atomic E-state index is 0.0589. The van der Waals surface area contributed by atoms with Crippen LogP contribution in [0.25, 0.3) is 23.3 Å². The van der Waals surface area contributed by atoms with Crippen LogP contribution in [-0.2, 0) is 14.4 Å². The van der Waals surface area contributed by atoms with Gasteiger partial charge >= 0.3 is 11.9 Å². The summed E-state index contributed by atoms with van der Waals surface area (Å²) in [6.07, 6.45) is 5.40. The summed E-state index contributed by atoms with van der Waals surface area (Å²) in [7, 11) is 1.48. The molecule has 0 aliphatic rings. The molecule has 0 saturated carbocycles. The van der Waals surface area contributed by atoms with Crippen LogP contribution in [0.4, 0.5) is 4.39 Å². The van der Waals surface area contributed by atoms with Crippen LogP contribution >= 0.6 is 0 Å². The summed E-state index contributed by atoms with van der Waals surface area (Å²) in [5, 5.41) is 0. The highest BCUT2D eigenvalue weighted by Gasteiger charge is 2.12. The van der Waals surface area contributed by atoms with E-state index < -0.39 is 17.8 Å². The molecular formula is C28H21FO7. The molecule has 0 aromatic heterocycles. The normalized spacial score (nSPS) is 10.4. The van der Waals surface area contributed by atoms with E-state index in [1.54, 1.807) is 36.4 Å². The zero-order valence-electron chi connectivity index (χ0n) is 19.2. The molecular weight excluding hydrogens is 467 g/mol. The molecule has 0 aliphatic heterocycles. The third kappa shape index (κ3) is 6.77. The zero-order valence-corrected chi connectivity index (χ0v) is 19.2. The Morgan fingerprint density at radius 1 is 0.778 bits per heavy atom. The number of hydrogen-bond donors (Lipinski definition) is 0. The Hall–Kier alpha value is -4.98. The van der Waals surface area contributed by atoms with Crippen LogP contribution in [0.15, 0.2) is 79.9 Å². The Labute approximate surface area is 206 Å². The molecule has 0 unspecified atom stereocenters. The first-order chi connectivity index (χ1) is 17.3. The van der Waals surface area contributed by atoms with Crippen molar-refractivity contribution in [1.82, 2.24) is 0 Å². The second kappa shape index (κ2) is 11.9. The van der Waals surface area contributed by atoms with Gasteiger partial charge in [-0.25, -0.2) is 14.0 Å². The summed E-state index contributed by atoms with van der Waals surface area (Å²) in [4.78, 5) is 33.8. The lowest BCUT2D eigenvalue weighted by Crippen LogP contribution is -2.03. The summed E-state index contributed by atoms with van der Waals surface area (Å²) in [6, 6.07) is 13.6. The minimum atomic E-state index is -0.717. The van der Waals surface area contributed by atoms with Crippen LogP contribution in [0.2, 0.25) is 0 Å². The van der Waals surface area contributed by atoms with Gasteiger partial charge in [0.05, 0.1) is 7.11 Å². The third-order valence-corrected chi connectivity index (χ3v) is 4.74. The number of benzene rings is 3. The first-order valence-electron chi connectivity index (χ1n) is 10.5. The van der Waals surface area contributed by atoms with E-state index in [1.807, 2.05) is 0 Å². The number of carbonyl (C=O) groups is 3. The lowest BCUT2D eigenvalue weighted by atomic mass is 10.0. The van der Waals surface area contributed by atoms with Gasteiger partial charge in [-0.1, -0.05) is 37.4 Å². The highest BCUT2D eigenvalue weighted by molar-refractivity contribution is 5.84. The Balaban J connectivity index is 1.90. The number of halogens is 1. The van der Waals surface area contributed by atoms with Gasteiger partial charge in [0.1, 0.15) is 28.8 Å². The van der Waals surface area contributed by atoms with Gasteiger partial charge in [-0.3, -0.25) is 4.79 Å². The molecule has 0 aliphatic carbocycles. The van der Waals surface area contributed by atoms with Gasteiger partial charge in [-0.2, -0.15) is 0 Å². The molecule has 36 heavy (non-hydrogen) atoms. The molecule has 0 radical (unpaired) electrons. The fourth-order valence-electron chi connectivity index (χ4n) is 3.15. The zero-order chi connectivity index (χ0) is 26.1. The molecule has 0 amide bonds. The van der Waals surface area contributed by atoms with Crippen LogP contribution < -0.4 is 18.9 Å². The number of rotatable bonds is 10. The SMILES string of the molecule is C=CC(=O)Oc1cc(/C=C/c2ccc(-c3cc(OC=O)cc(OC(=O)C=C)c3)c(F)c2)cc(OC)c1. The van der Waals surface area contributed by atoms with Crippen LogP contribution in [0.1, 0.15) is 11.1 Å². The summed E-state index contributed by atoms with van der Waals surface area (Å²) < 4.78 is 35.4. The first kappa shape index (κ1) is 25.6. The van der Waals surface area contributed by atoms with Crippen LogP contribution in [0, 0.1) is 5.82 Å². The van der Waals surface area contributed by atoms with Crippen molar-refractivity contribution < 1.29 is 37.7 Å². The molecule has 182 valence electrons. The molecule has 0 saturated heterocycles. The molecule has 3 aromatic rings. The van der Waals surface area contributed by atoms with E-state index in [9.17, 15) is 14.4 Å². The van der Waals surface area contributed by atoms with Crippen molar-refractivity contribution in [2.45, 2.75) is 0 Å². The third-order valence-electron chi connectivity index (χ3n) is 4.74. The fourth-order valence-corrected chi connectivity index (χ4v) is 3.15. The van der Waals surface area contributed by atoms with Crippen molar-refractivity contribution in [1.29, 1.82) is 0 Å². The van der Waals surface area contributed by atoms with Crippen molar-refractivity contribution in [3.05, 3.63) is 96.9 Å². The topological polar surface area (TPSA) is 88.1 Å². The van der Waals surface area contributed by atoms with Crippen LogP contribution in [0.5, 0.6) is 23.0 Å². The number of esters is 2. The predicted octanol–water partition coefficient (Wildman–Crippen LogP) is 5.39. The molecule has 0 fully saturated rings. The molecule has 7 nitrogen and oxygen atoms in total. The molecule has 3 rings (SSSR count). The summed E-state index contributed by atoms with van der Waals surface area (Å²) in [5.74, 6) is -1.02. The van der Waals surface area contributed by atoms with E-state index in [1.165, 1.54) is 37.4 Å². The maximum absolute atomic E-state index is 15.0. The lowest BCUT2D eigenvalue weighted by molar-refractivity contribution is -0.129. The molecule has 3 aromatic carbocycles. The largest absolute Gasteiger partial charge is 0.497 e. The Morgan fingerprint density at radius 3 is 1.97 bits per heavy atom. The molecule has 0 N–H and O–H groups in total. The van der Waals surface area contributed by atoms with Crippen molar-refractivity contribution in [2.75, 3.05) is 7.11 Å². The summed E-state index contributed by atoms with van der Waals surface area (Å²) in [6.45, 7) is 6.91. The van der Waals surface area contributed by atoms with Gasteiger partial charge in [0, 0.05) is 29.8 Å². The smallest absolute Gasteiger partial charge is 0.335 e. The average Bonchev–Trinajstić information content (AvgIpc) is 2.87. The number of hydrogen-bond acceptors (Lipinski definition) is 7. The van der Waals surface area contributed by atoms with Gasteiger partial charge in [0.2, 0.25) is 0 Å². The van der Waals surface area contributed by atoms with Gasteiger partial charge in [0.25, 0.3) is 6.47 Å². The first-order valence-corrected chi connectivity index (χ1v) is 10.5. The van der Waals surface area contributed by atoms with Crippen LogP contribution in [-0.4, -0.2) is 25.5 Å². The lowest BCUT2D eigenvalue weighted by Gasteiger charge is -2.10. The van der Waals surface area contributed by atoms with Gasteiger partial charge in [0.15, 0.2) is 0 Å². The Kier molecular flexibility index (Phi) is 8.50. The van der Waals surface area contributed by atoms with Crippen molar-refractivity contribution >= 4 is 30.6 Å². The van der Waals surface area contributed by atoms with Crippen molar-refractivity contribution in [3.63, 3.8) is 0 Å². The van der Waals surface area contributed by atoms with E-state index in [0.29, 0.717) is 22.4 Å². The van der Waals surface area contributed by atoms with E-state index in [4.69, 9.17) is 18.9 Å². The summed E-state index contributed by atoms with van der Waals surface area (Å²) >= 11 is 0. The average molecular weight is 488 g/mol. The predicted molar refractivity (Wildman–Crippen MR) is 132 cm³/mol. The summed E-state index contributed by atoms with van der Waals surface area (Å²) in [5.41, 5.74) is 1.72. The van der Waals surface area contributed by atoms with E-state index in [2.05, 4.69) is 13.2 Å². The van der Waals surface area contributed by atoms with Crippen molar-refractivity contribution in [2.24, 2.45) is 0 Å². The van der Waals surface area contributed by atoms with Crippen molar-refractivity contribution in [3.8, 4) is 34.1 Å². The van der Waals surface area contributed by atoms with Gasteiger partial charge < -0.3 is 18.9 Å². The quantitative estimate of drug-likeness (QED) is 0.124. The highest BCUT2D eigenvalue weighted by Crippen LogP contribution is 2.32. The Bertz CT molecular complexity index is 1360. The second-order valence-corrected chi connectivity index (χ2v) is 7.17. The number of methoxy groups -OCH3 is 1. The monoisotopic (exact) mass is 488 g/mol. The van der Waals surface area contributed by atoms with E-state index in [0.717, 1.165) is 12.2 Å². The molecule has 0 bridgehead atoms. The molecule has 0 atom stereocenters. The molecule has 0 spiro atoms. The number of carbonyl (C=O) groups excluding carboxylic acids is 3. The second-order valence-electron chi connectivity index (χ2n) is 7.17. The maximum Gasteiger partial charge on any atom is 0.335 e. The maximum atomic E-state index is 15.0. The van der Waals surface area contributed by atoms with Gasteiger partial charge in [-0.05, 0) is 47.0 Å². The van der Waals surface area contributed by atoms with Crippen LogP contribution in [0.3, 0.4) is 0 Å². The van der Waals surface area contributed by atoms with E-state index >= 15 is 4.39 Å². The van der Waals surface area contributed by atoms with E-state index in [-0.39, 0.29) is 29.3 Å². The fraction of sp³-hybridized carbons (Fsp3) is 0.0357. The Morgan fingerprint density at radius 2 is 1.36 bits per heavy atom. The standard InChI is InChI=1S/C28H21FO7/c1-4-27(31)35-23-11-19(10-21(15-23)33-3)7-6-18-8-9-25(26(29)12-18)20-13-22(34-17-30)16-24(14-20)36-28(32)5-2/h4-17H,1-2H2,3H3/b7-6+. The number of ether oxygens (including phenoxy) is 4. The van der Waals surface area contributed by atoms with Gasteiger partial charge in [-0.15, -0.1) is 0 Å².